The van der Waals surface area contributed by atoms with E-state index in [9.17, 15) is 13.2 Å². The van der Waals surface area contributed by atoms with Crippen molar-refractivity contribution in [2.24, 2.45) is 0 Å². The summed E-state index contributed by atoms with van der Waals surface area (Å²) in [7, 11) is -3.51. The Kier molecular flexibility index (Phi) is 4.64. The Morgan fingerprint density at radius 2 is 1.96 bits per heavy atom. The molecule has 0 bridgehead atoms. The maximum Gasteiger partial charge on any atom is 0.254 e. The second-order valence-electron chi connectivity index (χ2n) is 6.66. The summed E-state index contributed by atoms with van der Waals surface area (Å²) in [6.07, 6.45) is 2.46. The Labute approximate surface area is 167 Å². The SMILES string of the molecule is CS(=O)(=O)c1nccc(-c2ccc3c(c2)C(=O)N(Cc2cccc(Cl)c2)C3)n1. The van der Waals surface area contributed by atoms with Gasteiger partial charge in [0.15, 0.2) is 0 Å². The largest absolute Gasteiger partial charge is 0.330 e. The van der Waals surface area contributed by atoms with Gasteiger partial charge in [0.1, 0.15) is 0 Å². The van der Waals surface area contributed by atoms with Gasteiger partial charge in [-0.3, -0.25) is 4.79 Å². The highest BCUT2D eigenvalue weighted by Crippen LogP contribution is 2.29. The average Bonchev–Trinajstić information content (AvgIpc) is 2.96. The molecule has 4 rings (SSSR count). The number of carbonyl (C=O) groups excluding carboxylic acids is 1. The van der Waals surface area contributed by atoms with Crippen LogP contribution in [0.3, 0.4) is 0 Å². The predicted octanol–water partition coefficient (Wildman–Crippen LogP) is 3.36. The van der Waals surface area contributed by atoms with E-state index in [1.807, 2.05) is 30.3 Å². The average molecular weight is 414 g/mol. The molecule has 0 saturated heterocycles. The number of amides is 1. The molecule has 0 spiro atoms. The molecule has 8 heteroatoms. The molecular weight excluding hydrogens is 398 g/mol. The lowest BCUT2D eigenvalue weighted by molar-refractivity contribution is 0.0766. The van der Waals surface area contributed by atoms with Crippen LogP contribution >= 0.6 is 11.6 Å². The highest BCUT2D eigenvalue weighted by Gasteiger charge is 2.28. The van der Waals surface area contributed by atoms with Gasteiger partial charge in [-0.1, -0.05) is 35.9 Å². The summed E-state index contributed by atoms with van der Waals surface area (Å²) in [5.41, 5.74) is 3.61. The van der Waals surface area contributed by atoms with Crippen LogP contribution in [0.1, 0.15) is 21.5 Å². The van der Waals surface area contributed by atoms with Crippen LogP contribution in [0.15, 0.2) is 59.9 Å². The normalized spacial score (nSPS) is 13.6. The third-order valence-corrected chi connectivity index (χ3v) is 5.61. The molecule has 0 unspecified atom stereocenters. The summed E-state index contributed by atoms with van der Waals surface area (Å²) in [6.45, 7) is 0.981. The summed E-state index contributed by atoms with van der Waals surface area (Å²) in [6, 6.07) is 14.5. The Morgan fingerprint density at radius 3 is 2.71 bits per heavy atom. The van der Waals surface area contributed by atoms with Crippen LogP contribution in [-0.4, -0.2) is 35.4 Å². The van der Waals surface area contributed by atoms with E-state index < -0.39 is 9.84 Å². The number of sulfone groups is 1. The summed E-state index contributed by atoms with van der Waals surface area (Å²) in [4.78, 5) is 22.5. The van der Waals surface area contributed by atoms with Crippen LogP contribution < -0.4 is 0 Å². The second-order valence-corrected chi connectivity index (χ2v) is 9.01. The summed E-state index contributed by atoms with van der Waals surface area (Å²) < 4.78 is 23.4. The number of aromatic nitrogens is 2. The van der Waals surface area contributed by atoms with E-state index in [1.165, 1.54) is 6.20 Å². The number of nitrogens with zero attached hydrogens (tertiary/aromatic N) is 3. The smallest absolute Gasteiger partial charge is 0.254 e. The van der Waals surface area contributed by atoms with Crippen LogP contribution in [0, 0.1) is 0 Å². The lowest BCUT2D eigenvalue weighted by Crippen LogP contribution is -2.23. The highest BCUT2D eigenvalue weighted by atomic mass is 35.5. The summed E-state index contributed by atoms with van der Waals surface area (Å²) in [5.74, 6) is -0.0748. The Balaban J connectivity index is 1.63. The van der Waals surface area contributed by atoms with Crippen LogP contribution in [0.5, 0.6) is 0 Å². The van der Waals surface area contributed by atoms with Gasteiger partial charge < -0.3 is 4.90 Å². The molecule has 0 radical (unpaired) electrons. The third-order valence-electron chi connectivity index (χ3n) is 4.51. The van der Waals surface area contributed by atoms with E-state index in [4.69, 9.17) is 11.6 Å². The van der Waals surface area contributed by atoms with Gasteiger partial charge in [0.2, 0.25) is 15.0 Å². The van der Waals surface area contributed by atoms with Gasteiger partial charge in [-0.25, -0.2) is 18.4 Å². The number of carbonyl (C=O) groups is 1. The molecule has 2 heterocycles. The van der Waals surface area contributed by atoms with Gasteiger partial charge in [0.25, 0.3) is 5.91 Å². The molecule has 0 atom stereocenters. The minimum atomic E-state index is -3.51. The topological polar surface area (TPSA) is 80.2 Å². The Hall–Kier alpha value is -2.77. The first-order valence-electron chi connectivity index (χ1n) is 8.51. The molecule has 1 aromatic heterocycles. The monoisotopic (exact) mass is 413 g/mol. The van der Waals surface area contributed by atoms with Crippen LogP contribution in [0.2, 0.25) is 5.02 Å². The highest BCUT2D eigenvalue weighted by molar-refractivity contribution is 7.90. The molecule has 6 nitrogen and oxygen atoms in total. The zero-order valence-corrected chi connectivity index (χ0v) is 16.5. The quantitative estimate of drug-likeness (QED) is 0.613. The molecule has 3 aromatic rings. The van der Waals surface area contributed by atoms with Crippen molar-refractivity contribution in [1.29, 1.82) is 0 Å². The minimum absolute atomic E-state index is 0.0748. The molecule has 28 heavy (non-hydrogen) atoms. The molecule has 0 fully saturated rings. The number of halogens is 1. The van der Waals surface area contributed by atoms with Crippen LogP contribution in [0.25, 0.3) is 11.3 Å². The van der Waals surface area contributed by atoms with Crippen molar-refractivity contribution < 1.29 is 13.2 Å². The summed E-state index contributed by atoms with van der Waals surface area (Å²) >= 11 is 6.03. The second kappa shape index (κ2) is 7.00. The maximum absolute atomic E-state index is 12.9. The van der Waals surface area contributed by atoms with Crippen molar-refractivity contribution in [3.63, 3.8) is 0 Å². The van der Waals surface area contributed by atoms with Crippen molar-refractivity contribution in [2.45, 2.75) is 18.2 Å². The van der Waals surface area contributed by atoms with Crippen molar-refractivity contribution in [3.05, 3.63) is 76.4 Å². The van der Waals surface area contributed by atoms with Crippen molar-refractivity contribution in [2.75, 3.05) is 6.26 Å². The van der Waals surface area contributed by atoms with Crippen molar-refractivity contribution in [3.8, 4) is 11.3 Å². The fraction of sp³-hybridized carbons (Fsp3) is 0.150. The van der Waals surface area contributed by atoms with E-state index in [0.717, 1.165) is 17.4 Å². The predicted molar refractivity (Wildman–Crippen MR) is 106 cm³/mol. The summed E-state index contributed by atoms with van der Waals surface area (Å²) in [5, 5.41) is 0.397. The van der Waals surface area contributed by atoms with E-state index in [-0.39, 0.29) is 11.1 Å². The third kappa shape index (κ3) is 3.63. The Bertz CT molecular complexity index is 1190. The molecule has 0 aliphatic carbocycles. The van der Waals surface area contributed by atoms with Gasteiger partial charge in [0.05, 0.1) is 5.69 Å². The molecule has 0 N–H and O–H groups in total. The first-order valence-corrected chi connectivity index (χ1v) is 10.8. The molecule has 1 aliphatic rings. The number of benzene rings is 2. The first-order chi connectivity index (χ1) is 13.3. The zero-order chi connectivity index (χ0) is 19.9. The number of rotatable bonds is 4. The van der Waals surface area contributed by atoms with E-state index in [0.29, 0.717) is 34.9 Å². The standard InChI is InChI=1S/C20H16ClN3O3S/c1-28(26,27)20-22-8-7-18(23-20)14-5-6-15-12-24(19(25)17(15)10-14)11-13-3-2-4-16(21)9-13/h2-10H,11-12H2,1H3. The van der Waals surface area contributed by atoms with Crippen LogP contribution in [-0.2, 0) is 22.9 Å². The van der Waals surface area contributed by atoms with Crippen molar-refractivity contribution in [1.82, 2.24) is 14.9 Å². The minimum Gasteiger partial charge on any atom is -0.330 e. The van der Waals surface area contributed by atoms with Gasteiger partial charge in [0, 0.05) is 41.7 Å². The zero-order valence-electron chi connectivity index (χ0n) is 15.0. The number of hydrogen-bond donors (Lipinski definition) is 0. The molecule has 142 valence electrons. The molecule has 2 aromatic carbocycles. The molecule has 0 saturated carbocycles. The van der Waals surface area contributed by atoms with Gasteiger partial charge >= 0.3 is 0 Å². The van der Waals surface area contributed by atoms with Crippen LogP contribution in [0.4, 0.5) is 0 Å². The first kappa shape index (κ1) is 18.6. The van der Waals surface area contributed by atoms with E-state index in [1.54, 1.807) is 23.1 Å². The molecule has 1 aliphatic heterocycles. The van der Waals surface area contributed by atoms with Gasteiger partial charge in [-0.15, -0.1) is 0 Å². The Morgan fingerprint density at radius 1 is 1.14 bits per heavy atom. The van der Waals surface area contributed by atoms with Gasteiger partial charge in [-0.2, -0.15) is 0 Å². The lowest BCUT2D eigenvalue weighted by atomic mass is 10.0. The number of fused-ring (bicyclic) bond motifs is 1. The van der Waals surface area contributed by atoms with Crippen molar-refractivity contribution >= 4 is 27.3 Å². The fourth-order valence-electron chi connectivity index (χ4n) is 3.18. The number of hydrogen-bond acceptors (Lipinski definition) is 5. The van der Waals surface area contributed by atoms with E-state index in [2.05, 4.69) is 9.97 Å². The molecular formula is C20H16ClN3O3S. The molecule has 1 amide bonds. The fourth-order valence-corrected chi connectivity index (χ4v) is 3.91. The van der Waals surface area contributed by atoms with E-state index >= 15 is 0 Å². The maximum atomic E-state index is 12.9. The van der Waals surface area contributed by atoms with Gasteiger partial charge in [-0.05, 0) is 35.4 Å². The lowest BCUT2D eigenvalue weighted by Gasteiger charge is -2.15.